The van der Waals surface area contributed by atoms with E-state index < -0.39 is 0 Å². The minimum Gasteiger partial charge on any atom is -0.460 e. The fourth-order valence-corrected chi connectivity index (χ4v) is 2.60. The lowest BCUT2D eigenvalue weighted by Gasteiger charge is -2.18. The van der Waals surface area contributed by atoms with Gasteiger partial charge in [-0.2, -0.15) is 0 Å². The Morgan fingerprint density at radius 2 is 2.21 bits per heavy atom. The molecular formula is C10H14O4. The minimum atomic E-state index is -0.244. The molecule has 0 aromatic carbocycles. The van der Waals surface area contributed by atoms with Gasteiger partial charge >= 0.3 is 5.97 Å². The third-order valence-electron chi connectivity index (χ3n) is 3.43. The summed E-state index contributed by atoms with van der Waals surface area (Å²) in [6.45, 7) is 4.34. The summed E-state index contributed by atoms with van der Waals surface area (Å²) in [5, 5.41) is 0. The molecule has 1 aliphatic carbocycles. The fraction of sp³-hybridized carbons (Fsp3) is 0.800. The maximum absolute atomic E-state index is 11.3. The maximum atomic E-state index is 11.3. The average molecular weight is 198 g/mol. The number of fused-ring (bicyclic) bond motifs is 1. The van der Waals surface area contributed by atoms with Gasteiger partial charge in [0.2, 0.25) is 0 Å². The van der Waals surface area contributed by atoms with Crippen LogP contribution in [0.1, 0.15) is 20.3 Å². The maximum Gasteiger partial charge on any atom is 0.309 e. The van der Waals surface area contributed by atoms with Gasteiger partial charge in [0.25, 0.3) is 6.47 Å². The first kappa shape index (κ1) is 9.49. The quantitative estimate of drug-likeness (QED) is 0.485. The van der Waals surface area contributed by atoms with Gasteiger partial charge in [-0.25, -0.2) is 0 Å². The third kappa shape index (κ3) is 1.21. The van der Waals surface area contributed by atoms with Crippen LogP contribution in [0.15, 0.2) is 0 Å². The molecule has 1 saturated carbocycles. The molecule has 0 aromatic heterocycles. The van der Waals surface area contributed by atoms with Crippen LogP contribution in [0.2, 0.25) is 0 Å². The zero-order valence-corrected chi connectivity index (χ0v) is 8.30. The summed E-state index contributed by atoms with van der Waals surface area (Å²) in [5.74, 6) is 0.294. The van der Waals surface area contributed by atoms with Gasteiger partial charge in [-0.1, -0.05) is 13.8 Å². The van der Waals surface area contributed by atoms with Crippen LogP contribution in [-0.2, 0) is 19.1 Å². The second-order valence-electron chi connectivity index (χ2n) is 4.26. The molecule has 78 valence electrons. The Labute approximate surface area is 82.6 Å². The molecule has 2 rings (SSSR count). The highest BCUT2D eigenvalue weighted by molar-refractivity contribution is 5.75. The van der Waals surface area contributed by atoms with E-state index in [4.69, 9.17) is 9.47 Å². The van der Waals surface area contributed by atoms with Crippen molar-refractivity contribution in [2.24, 2.45) is 17.8 Å². The molecule has 5 unspecified atom stereocenters. The number of ether oxygens (including phenoxy) is 2. The zero-order valence-electron chi connectivity index (χ0n) is 8.30. The van der Waals surface area contributed by atoms with Crippen LogP contribution in [0.4, 0.5) is 0 Å². The van der Waals surface area contributed by atoms with Gasteiger partial charge in [-0.15, -0.1) is 0 Å². The van der Waals surface area contributed by atoms with E-state index in [1.807, 2.05) is 13.8 Å². The highest BCUT2D eigenvalue weighted by Gasteiger charge is 2.53. The molecule has 0 spiro atoms. The smallest absolute Gasteiger partial charge is 0.309 e. The molecule has 0 aromatic rings. The fourth-order valence-electron chi connectivity index (χ4n) is 2.60. The van der Waals surface area contributed by atoms with Gasteiger partial charge in [0.15, 0.2) is 0 Å². The van der Waals surface area contributed by atoms with Crippen LogP contribution < -0.4 is 0 Å². The standard InChI is InChI=1S/C10H14O4/c1-5-3-7-6(2)10(12)14-9(7)8(5)13-4-11/h4-9H,3H2,1-2H3. The topological polar surface area (TPSA) is 52.6 Å². The molecule has 4 nitrogen and oxygen atoms in total. The van der Waals surface area contributed by atoms with Crippen molar-refractivity contribution in [3.63, 3.8) is 0 Å². The molecule has 14 heavy (non-hydrogen) atoms. The Kier molecular flexibility index (Phi) is 2.21. The Hall–Kier alpha value is -1.06. The molecule has 1 saturated heterocycles. The van der Waals surface area contributed by atoms with Gasteiger partial charge in [0, 0.05) is 5.92 Å². The molecule has 0 bridgehead atoms. The number of rotatable bonds is 2. The van der Waals surface area contributed by atoms with E-state index in [0.29, 0.717) is 6.47 Å². The Morgan fingerprint density at radius 1 is 1.50 bits per heavy atom. The number of carbonyl (C=O) groups is 2. The van der Waals surface area contributed by atoms with Gasteiger partial charge in [0.05, 0.1) is 5.92 Å². The number of hydrogen-bond acceptors (Lipinski definition) is 4. The first-order valence-electron chi connectivity index (χ1n) is 4.94. The van der Waals surface area contributed by atoms with Gasteiger partial charge in [-0.05, 0) is 12.3 Å². The van der Waals surface area contributed by atoms with Crippen molar-refractivity contribution < 1.29 is 19.1 Å². The number of hydrogen-bond donors (Lipinski definition) is 0. The monoisotopic (exact) mass is 198 g/mol. The van der Waals surface area contributed by atoms with Crippen LogP contribution in [0.5, 0.6) is 0 Å². The minimum absolute atomic E-state index is 0.0531. The third-order valence-corrected chi connectivity index (χ3v) is 3.43. The molecule has 0 amide bonds. The van der Waals surface area contributed by atoms with Crippen LogP contribution in [0.3, 0.4) is 0 Å². The van der Waals surface area contributed by atoms with Crippen LogP contribution in [0.25, 0.3) is 0 Å². The van der Waals surface area contributed by atoms with E-state index in [1.165, 1.54) is 0 Å². The highest BCUT2D eigenvalue weighted by atomic mass is 16.6. The lowest BCUT2D eigenvalue weighted by atomic mass is 9.93. The first-order valence-corrected chi connectivity index (χ1v) is 4.94. The highest BCUT2D eigenvalue weighted by Crippen LogP contribution is 2.44. The van der Waals surface area contributed by atoms with Gasteiger partial charge < -0.3 is 9.47 Å². The number of esters is 1. The van der Waals surface area contributed by atoms with E-state index in [9.17, 15) is 9.59 Å². The summed E-state index contributed by atoms with van der Waals surface area (Å²) in [6.07, 6.45) is 0.444. The summed E-state index contributed by atoms with van der Waals surface area (Å²) < 4.78 is 10.2. The van der Waals surface area contributed by atoms with Crippen LogP contribution >= 0.6 is 0 Å². The average Bonchev–Trinajstić information content (AvgIpc) is 2.57. The lowest BCUT2D eigenvalue weighted by Crippen LogP contribution is -2.30. The van der Waals surface area contributed by atoms with E-state index in [-0.39, 0.29) is 35.9 Å². The molecule has 0 radical (unpaired) electrons. The van der Waals surface area contributed by atoms with Gasteiger partial charge in [0.1, 0.15) is 12.2 Å². The van der Waals surface area contributed by atoms with Crippen LogP contribution in [-0.4, -0.2) is 24.6 Å². The SMILES string of the molecule is CC1CC2C(C)C(=O)OC2C1OC=O. The van der Waals surface area contributed by atoms with Crippen LogP contribution in [0, 0.1) is 17.8 Å². The van der Waals surface area contributed by atoms with Crippen molar-refractivity contribution in [2.75, 3.05) is 0 Å². The summed E-state index contributed by atoms with van der Waals surface area (Å²) in [4.78, 5) is 21.6. The van der Waals surface area contributed by atoms with E-state index >= 15 is 0 Å². The van der Waals surface area contributed by atoms with Crippen molar-refractivity contribution in [1.29, 1.82) is 0 Å². The largest absolute Gasteiger partial charge is 0.460 e. The number of carbonyl (C=O) groups excluding carboxylic acids is 2. The van der Waals surface area contributed by atoms with Gasteiger partial charge in [-0.3, -0.25) is 9.59 Å². The van der Waals surface area contributed by atoms with Crippen molar-refractivity contribution in [1.82, 2.24) is 0 Å². The predicted molar refractivity (Wildman–Crippen MR) is 47.3 cm³/mol. The second kappa shape index (κ2) is 3.26. The van der Waals surface area contributed by atoms with E-state index in [2.05, 4.69) is 0 Å². The van der Waals surface area contributed by atoms with E-state index in [1.54, 1.807) is 0 Å². The van der Waals surface area contributed by atoms with E-state index in [0.717, 1.165) is 6.42 Å². The first-order chi connectivity index (χ1) is 6.65. The predicted octanol–water partition coefficient (Wildman–Crippen LogP) is 0.746. The second-order valence-corrected chi connectivity index (χ2v) is 4.26. The van der Waals surface area contributed by atoms with Crippen molar-refractivity contribution in [3.8, 4) is 0 Å². The van der Waals surface area contributed by atoms with Crippen molar-refractivity contribution >= 4 is 12.4 Å². The summed E-state index contributed by atoms with van der Waals surface area (Å²) in [7, 11) is 0. The molecule has 1 aliphatic heterocycles. The molecule has 0 N–H and O–H groups in total. The molecule has 5 atom stereocenters. The molecule has 1 heterocycles. The zero-order chi connectivity index (χ0) is 10.3. The molecule has 4 heteroatoms. The molecular weight excluding hydrogens is 184 g/mol. The Bertz CT molecular complexity index is 263. The Morgan fingerprint density at radius 3 is 2.86 bits per heavy atom. The Balaban J connectivity index is 2.15. The summed E-state index contributed by atoms with van der Waals surface area (Å²) >= 11 is 0. The van der Waals surface area contributed by atoms with Crippen molar-refractivity contribution in [2.45, 2.75) is 32.5 Å². The lowest BCUT2D eigenvalue weighted by molar-refractivity contribution is -0.155. The van der Waals surface area contributed by atoms with Crippen molar-refractivity contribution in [3.05, 3.63) is 0 Å². The molecule has 2 fully saturated rings. The summed E-state index contributed by atoms with van der Waals surface area (Å²) in [6, 6.07) is 0. The summed E-state index contributed by atoms with van der Waals surface area (Å²) in [5.41, 5.74) is 0. The molecule has 2 aliphatic rings. The normalized spacial score (nSPS) is 45.9.